The molecule has 2 nitrogen and oxygen atoms in total. The number of hydrogen-bond donors (Lipinski definition) is 0. The molecule has 0 heterocycles. The maximum absolute atomic E-state index is 12.4. The van der Waals surface area contributed by atoms with Gasteiger partial charge in [-0.2, -0.15) is 0 Å². The highest BCUT2D eigenvalue weighted by atomic mass is 35.5. The van der Waals surface area contributed by atoms with Gasteiger partial charge >= 0.3 is 0 Å². The summed E-state index contributed by atoms with van der Waals surface area (Å²) in [5, 5.41) is 0.679. The van der Waals surface area contributed by atoms with Crippen molar-refractivity contribution in [2.45, 2.75) is 6.42 Å². The Morgan fingerprint density at radius 2 is 1.81 bits per heavy atom. The predicted molar refractivity (Wildman–Crippen MR) is 88.2 cm³/mol. The van der Waals surface area contributed by atoms with E-state index in [0.717, 1.165) is 28.0 Å². The summed E-state index contributed by atoms with van der Waals surface area (Å²) in [5.74, 6) is 0.110. The molecule has 2 aromatic rings. The molecule has 0 saturated heterocycles. The Labute approximate surface area is 129 Å². The summed E-state index contributed by atoms with van der Waals surface area (Å²) in [5.41, 5.74) is 4.80. The number of nitrogens with zero attached hydrogens (tertiary/aromatic N) is 1. The summed E-state index contributed by atoms with van der Waals surface area (Å²) in [6.45, 7) is 0. The van der Waals surface area contributed by atoms with Crippen molar-refractivity contribution < 1.29 is 4.79 Å². The molecule has 0 radical (unpaired) electrons. The molecule has 1 aliphatic rings. The number of fused-ring (bicyclic) bond motifs is 1. The molecule has 0 fully saturated rings. The Hall–Kier alpha value is -2.06. The van der Waals surface area contributed by atoms with Crippen LogP contribution in [0.25, 0.3) is 6.08 Å². The third-order valence-corrected chi connectivity index (χ3v) is 3.97. The van der Waals surface area contributed by atoms with Crippen LogP contribution in [0.3, 0.4) is 0 Å². The van der Waals surface area contributed by atoms with Crippen molar-refractivity contribution >= 4 is 29.1 Å². The van der Waals surface area contributed by atoms with Gasteiger partial charge in [0.15, 0.2) is 5.78 Å². The molecule has 21 heavy (non-hydrogen) atoms. The van der Waals surface area contributed by atoms with E-state index in [-0.39, 0.29) is 5.78 Å². The number of anilines is 1. The van der Waals surface area contributed by atoms with Crippen LogP contribution in [-0.4, -0.2) is 19.9 Å². The molecule has 0 saturated carbocycles. The fourth-order valence-corrected chi connectivity index (χ4v) is 2.77. The number of carbonyl (C=O) groups is 1. The second-order valence-corrected chi connectivity index (χ2v) is 5.90. The average molecular weight is 298 g/mol. The molecule has 0 unspecified atom stereocenters. The van der Waals surface area contributed by atoms with Gasteiger partial charge in [-0.15, -0.1) is 0 Å². The predicted octanol–water partition coefficient (Wildman–Crippen LogP) is 4.23. The lowest BCUT2D eigenvalue weighted by molar-refractivity contribution is 0.104. The summed E-state index contributed by atoms with van der Waals surface area (Å²) < 4.78 is 0. The minimum absolute atomic E-state index is 0.110. The van der Waals surface area contributed by atoms with Gasteiger partial charge < -0.3 is 4.90 Å². The molecule has 0 spiro atoms. The van der Waals surface area contributed by atoms with E-state index >= 15 is 0 Å². The zero-order chi connectivity index (χ0) is 15.0. The standard InChI is InChI=1S/C18H16ClNO/c1-20(2)16-6-3-12(4-7-16)9-14-10-13-11-15(19)5-8-17(13)18(14)21/h3-9,11H,10H2,1-2H3/b14-9+. The molecule has 2 aromatic carbocycles. The van der Waals surface area contributed by atoms with Gasteiger partial charge in [-0.05, 0) is 47.5 Å². The van der Waals surface area contributed by atoms with Crippen molar-refractivity contribution in [3.05, 3.63) is 69.8 Å². The van der Waals surface area contributed by atoms with Gasteiger partial charge in [0, 0.05) is 42.4 Å². The largest absolute Gasteiger partial charge is 0.378 e. The van der Waals surface area contributed by atoms with Crippen LogP contribution < -0.4 is 4.90 Å². The Morgan fingerprint density at radius 3 is 2.48 bits per heavy atom. The first kappa shape index (κ1) is 13.9. The lowest BCUT2D eigenvalue weighted by Gasteiger charge is -2.11. The molecule has 3 rings (SSSR count). The minimum Gasteiger partial charge on any atom is -0.378 e. The van der Waals surface area contributed by atoms with Crippen molar-refractivity contribution in [1.29, 1.82) is 0 Å². The smallest absolute Gasteiger partial charge is 0.189 e. The van der Waals surface area contributed by atoms with Crippen LogP contribution in [-0.2, 0) is 6.42 Å². The number of carbonyl (C=O) groups excluding carboxylic acids is 1. The van der Waals surface area contributed by atoms with E-state index in [9.17, 15) is 4.79 Å². The molecule has 0 aromatic heterocycles. The zero-order valence-corrected chi connectivity index (χ0v) is 12.8. The summed E-state index contributed by atoms with van der Waals surface area (Å²) in [7, 11) is 4.02. The van der Waals surface area contributed by atoms with Crippen molar-refractivity contribution in [2.24, 2.45) is 0 Å². The average Bonchev–Trinajstić information content (AvgIpc) is 2.75. The minimum atomic E-state index is 0.110. The highest BCUT2D eigenvalue weighted by Crippen LogP contribution is 2.30. The molecule has 106 valence electrons. The van der Waals surface area contributed by atoms with E-state index < -0.39 is 0 Å². The van der Waals surface area contributed by atoms with Crippen molar-refractivity contribution in [2.75, 3.05) is 19.0 Å². The normalized spacial score (nSPS) is 15.4. The fraction of sp³-hybridized carbons (Fsp3) is 0.167. The topological polar surface area (TPSA) is 20.3 Å². The molecule has 0 atom stereocenters. The monoisotopic (exact) mass is 297 g/mol. The van der Waals surface area contributed by atoms with Gasteiger partial charge in [-0.1, -0.05) is 23.7 Å². The second kappa shape index (κ2) is 5.38. The Morgan fingerprint density at radius 1 is 1.10 bits per heavy atom. The summed E-state index contributed by atoms with van der Waals surface area (Å²) in [6.07, 6.45) is 2.62. The molecule has 0 amide bonds. The van der Waals surface area contributed by atoms with Crippen LogP contribution in [0.4, 0.5) is 5.69 Å². The second-order valence-electron chi connectivity index (χ2n) is 5.46. The third-order valence-electron chi connectivity index (χ3n) is 3.73. The summed E-state index contributed by atoms with van der Waals surface area (Å²) in [4.78, 5) is 14.4. The Bertz CT molecular complexity index is 729. The lowest BCUT2D eigenvalue weighted by atomic mass is 10.1. The van der Waals surface area contributed by atoms with E-state index in [0.29, 0.717) is 11.4 Å². The van der Waals surface area contributed by atoms with Gasteiger partial charge in [0.25, 0.3) is 0 Å². The SMILES string of the molecule is CN(C)c1ccc(/C=C2\Cc3cc(Cl)ccc3C2=O)cc1. The van der Waals surface area contributed by atoms with Gasteiger partial charge in [0.1, 0.15) is 0 Å². The third kappa shape index (κ3) is 2.72. The molecular formula is C18H16ClNO. The lowest BCUT2D eigenvalue weighted by Crippen LogP contribution is -2.07. The number of allylic oxidation sites excluding steroid dienone is 1. The van der Waals surface area contributed by atoms with E-state index in [2.05, 4.69) is 17.0 Å². The number of halogens is 1. The first-order valence-electron chi connectivity index (χ1n) is 6.85. The van der Waals surface area contributed by atoms with Crippen LogP contribution in [0, 0.1) is 0 Å². The maximum atomic E-state index is 12.4. The molecule has 0 N–H and O–H groups in total. The van der Waals surface area contributed by atoms with E-state index in [1.165, 1.54) is 0 Å². The highest BCUT2D eigenvalue weighted by Gasteiger charge is 2.24. The van der Waals surface area contributed by atoms with Gasteiger partial charge in [-0.3, -0.25) is 4.79 Å². The molecule has 1 aliphatic carbocycles. The van der Waals surface area contributed by atoms with Gasteiger partial charge in [-0.25, -0.2) is 0 Å². The zero-order valence-electron chi connectivity index (χ0n) is 12.1. The van der Waals surface area contributed by atoms with Crippen LogP contribution >= 0.6 is 11.6 Å². The van der Waals surface area contributed by atoms with E-state index in [4.69, 9.17) is 11.6 Å². The van der Waals surface area contributed by atoms with E-state index in [1.54, 1.807) is 6.07 Å². The summed E-state index contributed by atoms with van der Waals surface area (Å²) in [6, 6.07) is 13.6. The summed E-state index contributed by atoms with van der Waals surface area (Å²) >= 11 is 5.99. The van der Waals surface area contributed by atoms with E-state index in [1.807, 2.05) is 44.4 Å². The van der Waals surface area contributed by atoms with Crippen LogP contribution in [0.5, 0.6) is 0 Å². The number of ketones is 1. The number of Topliss-reactive ketones (excluding diaryl/α,β-unsaturated/α-hetero) is 1. The first-order valence-corrected chi connectivity index (χ1v) is 7.23. The molecule has 0 aliphatic heterocycles. The number of hydrogen-bond acceptors (Lipinski definition) is 2. The first-order chi connectivity index (χ1) is 10.0. The van der Waals surface area contributed by atoms with Gasteiger partial charge in [0.2, 0.25) is 0 Å². The van der Waals surface area contributed by atoms with Crippen molar-refractivity contribution in [1.82, 2.24) is 0 Å². The highest BCUT2D eigenvalue weighted by molar-refractivity contribution is 6.31. The van der Waals surface area contributed by atoms with Gasteiger partial charge in [0.05, 0.1) is 0 Å². The van der Waals surface area contributed by atoms with Crippen LogP contribution in [0.1, 0.15) is 21.5 Å². The van der Waals surface area contributed by atoms with Crippen molar-refractivity contribution in [3.63, 3.8) is 0 Å². The van der Waals surface area contributed by atoms with Crippen molar-refractivity contribution in [3.8, 4) is 0 Å². The molecule has 3 heteroatoms. The molecular weight excluding hydrogens is 282 g/mol. The number of rotatable bonds is 2. The Balaban J connectivity index is 1.90. The number of benzene rings is 2. The fourth-order valence-electron chi connectivity index (χ4n) is 2.57. The van der Waals surface area contributed by atoms with Crippen LogP contribution in [0.15, 0.2) is 48.0 Å². The maximum Gasteiger partial charge on any atom is 0.189 e. The quantitative estimate of drug-likeness (QED) is 0.773. The molecule has 0 bridgehead atoms. The Kier molecular flexibility index (Phi) is 3.56. The van der Waals surface area contributed by atoms with Crippen LogP contribution in [0.2, 0.25) is 5.02 Å².